The number of anilines is 1. The Bertz CT molecular complexity index is 1080. The first-order chi connectivity index (χ1) is 16.3. The van der Waals surface area contributed by atoms with Crippen molar-refractivity contribution in [3.63, 3.8) is 0 Å². The summed E-state index contributed by atoms with van der Waals surface area (Å²) in [6.07, 6.45) is 0.430. The Hall–Kier alpha value is -3.33. The number of amides is 2. The highest BCUT2D eigenvalue weighted by Gasteiger charge is 2.26. The molecule has 2 aliphatic rings. The van der Waals surface area contributed by atoms with Crippen molar-refractivity contribution in [2.24, 2.45) is 5.10 Å². The minimum absolute atomic E-state index is 0.0212. The summed E-state index contributed by atoms with van der Waals surface area (Å²) in [6.45, 7) is 5.45. The van der Waals surface area contributed by atoms with Gasteiger partial charge in [0.05, 0.1) is 24.4 Å². The largest absolute Gasteiger partial charge is 0.372 e. The molecule has 2 atom stereocenters. The Morgan fingerprint density at radius 1 is 1.06 bits per heavy atom. The number of nitrogens with one attached hydrogen (secondary N) is 1. The molecular weight excluding hydrogens is 442 g/mol. The van der Waals surface area contributed by atoms with E-state index < -0.39 is 5.91 Å². The number of benzene rings is 2. The molecule has 0 radical (unpaired) electrons. The number of nitrogens with zero attached hydrogens (tertiary/aromatic N) is 3. The molecule has 0 aromatic heterocycles. The fourth-order valence-corrected chi connectivity index (χ4v) is 4.23. The third kappa shape index (κ3) is 5.77. The van der Waals surface area contributed by atoms with Crippen LogP contribution >= 0.6 is 0 Å². The normalized spacial score (nSPS) is 20.8. The molecule has 0 spiro atoms. The van der Waals surface area contributed by atoms with E-state index >= 15 is 0 Å². The first-order valence-corrected chi connectivity index (χ1v) is 11.4. The van der Waals surface area contributed by atoms with Crippen molar-refractivity contribution in [2.75, 3.05) is 18.0 Å². The Labute approximate surface area is 197 Å². The van der Waals surface area contributed by atoms with Gasteiger partial charge in [-0.1, -0.05) is 18.2 Å². The molecule has 0 bridgehead atoms. The maximum atomic E-state index is 14.8. The van der Waals surface area contributed by atoms with Crippen LogP contribution in [0.15, 0.2) is 47.6 Å². The van der Waals surface area contributed by atoms with Gasteiger partial charge in [0, 0.05) is 32.5 Å². The fraction of sp³-hybridized carbons (Fsp3) is 0.400. The van der Waals surface area contributed by atoms with Crippen LogP contribution in [0.1, 0.15) is 37.8 Å². The molecule has 2 amide bonds. The van der Waals surface area contributed by atoms with Crippen LogP contribution in [0.4, 0.5) is 14.5 Å². The molecular formula is C25H28F2N4O3. The van der Waals surface area contributed by atoms with Crippen molar-refractivity contribution in [1.82, 2.24) is 10.3 Å². The SMILES string of the molecule is CC1CN(c2ccc(CNC(=O)C3=NN(Cc4ccc(F)cc4)C(=O)CC3)cc2F)CC(C)O1. The third-order valence-electron chi connectivity index (χ3n) is 5.84. The van der Waals surface area contributed by atoms with Crippen molar-refractivity contribution in [3.8, 4) is 0 Å². The highest BCUT2D eigenvalue weighted by molar-refractivity contribution is 6.39. The van der Waals surface area contributed by atoms with Crippen molar-refractivity contribution in [3.05, 3.63) is 65.2 Å². The molecule has 4 rings (SSSR count). The van der Waals surface area contributed by atoms with Crippen LogP contribution in [0, 0.1) is 11.6 Å². The number of rotatable bonds is 6. The second-order valence-electron chi connectivity index (χ2n) is 8.76. The molecule has 180 valence electrons. The number of carbonyl (C=O) groups is 2. The number of hydrazone groups is 1. The van der Waals surface area contributed by atoms with Crippen LogP contribution in [-0.2, 0) is 27.4 Å². The average Bonchev–Trinajstić information content (AvgIpc) is 2.79. The molecule has 1 fully saturated rings. The van der Waals surface area contributed by atoms with Gasteiger partial charge in [0.15, 0.2) is 0 Å². The zero-order valence-corrected chi connectivity index (χ0v) is 19.3. The van der Waals surface area contributed by atoms with Gasteiger partial charge in [-0.2, -0.15) is 5.10 Å². The van der Waals surface area contributed by atoms with Crippen LogP contribution in [0.3, 0.4) is 0 Å². The van der Waals surface area contributed by atoms with Crippen LogP contribution in [-0.4, -0.2) is 47.8 Å². The molecule has 9 heteroatoms. The first-order valence-electron chi connectivity index (χ1n) is 11.4. The van der Waals surface area contributed by atoms with E-state index in [0.717, 1.165) is 0 Å². The van der Waals surface area contributed by atoms with Gasteiger partial charge in [-0.15, -0.1) is 0 Å². The lowest BCUT2D eigenvalue weighted by atomic mass is 10.1. The van der Waals surface area contributed by atoms with Crippen molar-refractivity contribution < 1.29 is 23.1 Å². The van der Waals surface area contributed by atoms with E-state index in [0.29, 0.717) is 29.9 Å². The summed E-state index contributed by atoms with van der Waals surface area (Å²) < 4.78 is 33.6. The predicted octanol–water partition coefficient (Wildman–Crippen LogP) is 3.37. The lowest BCUT2D eigenvalue weighted by Crippen LogP contribution is -2.45. The fourth-order valence-electron chi connectivity index (χ4n) is 4.23. The first kappa shape index (κ1) is 23.8. The number of hydrogen-bond acceptors (Lipinski definition) is 5. The summed E-state index contributed by atoms with van der Waals surface area (Å²) in [7, 11) is 0. The van der Waals surface area contributed by atoms with Gasteiger partial charge in [-0.3, -0.25) is 9.59 Å². The van der Waals surface area contributed by atoms with E-state index in [9.17, 15) is 18.4 Å². The summed E-state index contributed by atoms with van der Waals surface area (Å²) in [6, 6.07) is 10.7. The monoisotopic (exact) mass is 470 g/mol. The van der Waals surface area contributed by atoms with Gasteiger partial charge in [-0.25, -0.2) is 13.8 Å². The molecule has 34 heavy (non-hydrogen) atoms. The quantitative estimate of drug-likeness (QED) is 0.703. The van der Waals surface area contributed by atoms with E-state index in [1.54, 1.807) is 24.3 Å². The highest BCUT2D eigenvalue weighted by atomic mass is 19.1. The van der Waals surface area contributed by atoms with Crippen molar-refractivity contribution in [2.45, 2.75) is 52.0 Å². The van der Waals surface area contributed by atoms with Gasteiger partial charge >= 0.3 is 0 Å². The van der Waals surface area contributed by atoms with E-state index in [-0.39, 0.29) is 61.4 Å². The number of hydrogen-bond donors (Lipinski definition) is 1. The molecule has 7 nitrogen and oxygen atoms in total. The summed E-state index contributed by atoms with van der Waals surface area (Å²) in [5.41, 5.74) is 2.08. The van der Waals surface area contributed by atoms with E-state index in [1.165, 1.54) is 23.2 Å². The molecule has 2 aromatic carbocycles. The second-order valence-corrected chi connectivity index (χ2v) is 8.76. The Morgan fingerprint density at radius 3 is 2.41 bits per heavy atom. The third-order valence-corrected chi connectivity index (χ3v) is 5.84. The minimum Gasteiger partial charge on any atom is -0.372 e. The Balaban J connectivity index is 1.37. The molecule has 2 aromatic rings. The summed E-state index contributed by atoms with van der Waals surface area (Å²) in [4.78, 5) is 26.8. The van der Waals surface area contributed by atoms with Crippen LogP contribution in [0.5, 0.6) is 0 Å². The average molecular weight is 471 g/mol. The van der Waals surface area contributed by atoms with Crippen molar-refractivity contribution >= 4 is 23.2 Å². The van der Waals surface area contributed by atoms with Gasteiger partial charge in [-0.05, 0) is 49.2 Å². The number of ether oxygens (including phenoxy) is 1. The molecule has 2 unspecified atom stereocenters. The molecule has 1 N–H and O–H groups in total. The zero-order valence-electron chi connectivity index (χ0n) is 19.3. The number of morpholine rings is 1. The van der Waals surface area contributed by atoms with Crippen LogP contribution in [0.2, 0.25) is 0 Å². The smallest absolute Gasteiger partial charge is 0.267 e. The maximum Gasteiger partial charge on any atom is 0.267 e. The molecule has 0 saturated carbocycles. The minimum atomic E-state index is -0.406. The Morgan fingerprint density at radius 2 is 1.74 bits per heavy atom. The van der Waals surface area contributed by atoms with Gasteiger partial charge < -0.3 is 15.0 Å². The van der Waals surface area contributed by atoms with E-state index in [1.807, 2.05) is 18.7 Å². The maximum absolute atomic E-state index is 14.8. The molecule has 2 heterocycles. The topological polar surface area (TPSA) is 74.2 Å². The van der Waals surface area contributed by atoms with Crippen molar-refractivity contribution in [1.29, 1.82) is 0 Å². The second kappa shape index (κ2) is 10.3. The lowest BCUT2D eigenvalue weighted by Gasteiger charge is -2.37. The lowest BCUT2D eigenvalue weighted by molar-refractivity contribution is -0.132. The molecule has 1 saturated heterocycles. The van der Waals surface area contributed by atoms with E-state index in [4.69, 9.17) is 4.74 Å². The standard InChI is InChI=1S/C25H28F2N4O3/c1-16-13-30(14-17(2)34-16)23-9-5-19(11-21(23)27)12-28-25(33)22-8-10-24(32)31(29-22)15-18-3-6-20(26)7-4-18/h3-7,9,11,16-17H,8,10,12-15H2,1-2H3,(H,28,33). The predicted molar refractivity (Wildman–Crippen MR) is 124 cm³/mol. The Kier molecular flexibility index (Phi) is 7.21. The molecule has 0 aliphatic carbocycles. The van der Waals surface area contributed by atoms with Gasteiger partial charge in [0.2, 0.25) is 5.91 Å². The van der Waals surface area contributed by atoms with Crippen LogP contribution in [0.25, 0.3) is 0 Å². The van der Waals surface area contributed by atoms with Gasteiger partial charge in [0.25, 0.3) is 5.91 Å². The zero-order chi connectivity index (χ0) is 24.2. The summed E-state index contributed by atoms with van der Waals surface area (Å²) >= 11 is 0. The molecule has 2 aliphatic heterocycles. The van der Waals surface area contributed by atoms with Gasteiger partial charge in [0.1, 0.15) is 17.3 Å². The summed E-state index contributed by atoms with van der Waals surface area (Å²) in [5, 5.41) is 8.19. The van der Waals surface area contributed by atoms with Crippen LogP contribution < -0.4 is 10.2 Å². The summed E-state index contributed by atoms with van der Waals surface area (Å²) in [5.74, 6) is -1.32. The van der Waals surface area contributed by atoms with E-state index in [2.05, 4.69) is 10.4 Å². The highest BCUT2D eigenvalue weighted by Crippen LogP contribution is 2.24. The number of carbonyl (C=O) groups excluding carboxylic acids is 2. The number of halogens is 2.